The molecular weight excluding hydrogens is 390 g/mol. The first-order valence-corrected chi connectivity index (χ1v) is 12.1. The molecule has 2 saturated heterocycles. The molecule has 0 aliphatic carbocycles. The smallest absolute Gasteiger partial charge is 0.0659 e. The second-order valence-corrected chi connectivity index (χ2v) is 9.60. The monoisotopic (exact) mass is 425 g/mol. The highest BCUT2D eigenvalue weighted by Crippen LogP contribution is 2.38. The Morgan fingerprint density at radius 2 is 0.812 bits per heavy atom. The molecule has 0 N–H and O–H groups in total. The molecule has 0 amide bonds. The summed E-state index contributed by atoms with van der Waals surface area (Å²) in [6.45, 7) is 7.91. The number of benzene rings is 3. The average molecular weight is 426 g/mol. The van der Waals surface area contributed by atoms with Gasteiger partial charge in [-0.15, -0.1) is 0 Å². The van der Waals surface area contributed by atoms with Crippen LogP contribution < -0.4 is 0 Å². The maximum absolute atomic E-state index is 2.78. The van der Waals surface area contributed by atoms with E-state index in [-0.39, 0.29) is 0 Å². The highest BCUT2D eigenvalue weighted by Gasteiger charge is 2.47. The van der Waals surface area contributed by atoms with Gasteiger partial charge in [0.25, 0.3) is 0 Å². The van der Waals surface area contributed by atoms with Crippen LogP contribution in [0, 0.1) is 0 Å². The van der Waals surface area contributed by atoms with Gasteiger partial charge in [-0.05, 0) is 43.4 Å². The van der Waals surface area contributed by atoms with Crippen molar-refractivity contribution in [3.05, 3.63) is 108 Å². The lowest BCUT2D eigenvalue weighted by molar-refractivity contribution is -0.176. The van der Waals surface area contributed by atoms with Gasteiger partial charge in [-0.1, -0.05) is 91.0 Å². The Morgan fingerprint density at radius 1 is 0.500 bits per heavy atom. The number of hydrogen-bond acceptors (Lipinski definition) is 3. The highest BCUT2D eigenvalue weighted by atomic mass is 15.5. The SMILES string of the molecule is CC1C[C@H]2N(Cc3ccccc3)[C@H](C[C@H](C)N2Cc2ccccc2)N1Cc1ccccc1. The van der Waals surface area contributed by atoms with Crippen molar-refractivity contribution in [2.45, 2.75) is 70.7 Å². The molecule has 32 heavy (non-hydrogen) atoms. The van der Waals surface area contributed by atoms with E-state index in [1.807, 2.05) is 0 Å². The molecule has 2 aliphatic rings. The van der Waals surface area contributed by atoms with Gasteiger partial charge in [-0.2, -0.15) is 0 Å². The van der Waals surface area contributed by atoms with Crippen molar-refractivity contribution in [1.29, 1.82) is 0 Å². The van der Waals surface area contributed by atoms with Crippen molar-refractivity contribution in [3.63, 3.8) is 0 Å². The minimum atomic E-state index is 0.464. The van der Waals surface area contributed by atoms with E-state index in [1.54, 1.807) is 0 Å². The van der Waals surface area contributed by atoms with Crippen molar-refractivity contribution in [2.75, 3.05) is 0 Å². The van der Waals surface area contributed by atoms with Crippen LogP contribution in [-0.4, -0.2) is 39.1 Å². The van der Waals surface area contributed by atoms with Crippen molar-refractivity contribution in [1.82, 2.24) is 14.7 Å². The zero-order valence-electron chi connectivity index (χ0n) is 19.3. The van der Waals surface area contributed by atoms with E-state index in [4.69, 9.17) is 0 Å². The number of fused-ring (bicyclic) bond motifs is 2. The first kappa shape index (κ1) is 21.4. The predicted molar refractivity (Wildman–Crippen MR) is 132 cm³/mol. The molecular formula is C29H35N3. The van der Waals surface area contributed by atoms with E-state index in [0.717, 1.165) is 19.6 Å². The van der Waals surface area contributed by atoms with Crippen molar-refractivity contribution in [2.24, 2.45) is 0 Å². The summed E-state index contributed by atoms with van der Waals surface area (Å²) in [7, 11) is 0. The van der Waals surface area contributed by atoms with Crippen LogP contribution in [0.25, 0.3) is 0 Å². The quantitative estimate of drug-likeness (QED) is 0.499. The summed E-state index contributed by atoms with van der Waals surface area (Å²) in [5.74, 6) is 0. The Bertz CT molecular complexity index is 914. The summed E-state index contributed by atoms with van der Waals surface area (Å²) in [6.07, 6.45) is 3.28. The summed E-state index contributed by atoms with van der Waals surface area (Å²) < 4.78 is 0. The van der Waals surface area contributed by atoms with Crippen LogP contribution in [0.4, 0.5) is 0 Å². The second-order valence-electron chi connectivity index (χ2n) is 9.60. The van der Waals surface area contributed by atoms with Crippen LogP contribution in [0.5, 0.6) is 0 Å². The fourth-order valence-corrected chi connectivity index (χ4v) is 5.71. The van der Waals surface area contributed by atoms with Gasteiger partial charge < -0.3 is 0 Å². The molecule has 0 radical (unpaired) electrons. The Kier molecular flexibility index (Phi) is 6.40. The molecule has 3 heteroatoms. The van der Waals surface area contributed by atoms with Gasteiger partial charge in [0.2, 0.25) is 0 Å². The molecule has 2 aliphatic heterocycles. The molecule has 0 saturated carbocycles. The van der Waals surface area contributed by atoms with Gasteiger partial charge in [-0.25, -0.2) is 0 Å². The molecule has 3 nitrogen and oxygen atoms in total. The van der Waals surface area contributed by atoms with E-state index in [1.165, 1.54) is 29.5 Å². The summed E-state index contributed by atoms with van der Waals surface area (Å²) in [5, 5.41) is 0. The van der Waals surface area contributed by atoms with Crippen LogP contribution in [0.2, 0.25) is 0 Å². The minimum absolute atomic E-state index is 0.464. The lowest BCUT2D eigenvalue weighted by Gasteiger charge is -2.60. The molecule has 0 spiro atoms. The van der Waals surface area contributed by atoms with Crippen LogP contribution in [0.3, 0.4) is 0 Å². The normalized spacial score (nSPS) is 26.8. The van der Waals surface area contributed by atoms with E-state index in [0.29, 0.717) is 24.4 Å². The van der Waals surface area contributed by atoms with Crippen molar-refractivity contribution < 1.29 is 0 Å². The standard InChI is InChI=1S/C29H35N3/c1-23-18-28-31(21-26-14-8-4-9-15-26)24(2)19-29(30(23)20-25-12-6-3-7-13-25)32(28)22-27-16-10-5-11-17-27/h3-17,23-24,28-29H,18-22H2,1-2H3/t23-,24?,28+,29+/m0/s1. The van der Waals surface area contributed by atoms with E-state index < -0.39 is 0 Å². The Balaban J connectivity index is 1.45. The molecule has 3 aromatic rings. The van der Waals surface area contributed by atoms with E-state index in [9.17, 15) is 0 Å². The fourth-order valence-electron chi connectivity index (χ4n) is 5.71. The zero-order valence-corrected chi connectivity index (χ0v) is 19.3. The Morgan fingerprint density at radius 3 is 1.16 bits per heavy atom. The van der Waals surface area contributed by atoms with E-state index in [2.05, 4.69) is 120 Å². The van der Waals surface area contributed by atoms with Gasteiger partial charge in [0, 0.05) is 31.7 Å². The average Bonchev–Trinajstić information content (AvgIpc) is 2.82. The van der Waals surface area contributed by atoms with Crippen LogP contribution in [0.1, 0.15) is 43.4 Å². The topological polar surface area (TPSA) is 9.72 Å². The summed E-state index contributed by atoms with van der Waals surface area (Å²) in [6, 6.07) is 34.1. The molecule has 1 unspecified atom stereocenters. The van der Waals surface area contributed by atoms with Crippen LogP contribution >= 0.6 is 0 Å². The molecule has 5 rings (SSSR count). The van der Waals surface area contributed by atoms with Crippen molar-refractivity contribution in [3.8, 4) is 0 Å². The summed E-state index contributed by atoms with van der Waals surface area (Å²) in [4.78, 5) is 8.29. The summed E-state index contributed by atoms with van der Waals surface area (Å²) in [5.41, 5.74) is 4.24. The summed E-state index contributed by atoms with van der Waals surface area (Å²) >= 11 is 0. The van der Waals surface area contributed by atoms with Gasteiger partial charge in [0.1, 0.15) is 0 Å². The zero-order chi connectivity index (χ0) is 21.9. The number of hydrogen-bond donors (Lipinski definition) is 0. The minimum Gasteiger partial charge on any atom is -0.281 e. The lowest BCUT2D eigenvalue weighted by Crippen LogP contribution is -2.70. The molecule has 3 aromatic carbocycles. The predicted octanol–water partition coefficient (Wildman–Crippen LogP) is 5.73. The number of rotatable bonds is 6. The van der Waals surface area contributed by atoms with Crippen LogP contribution in [-0.2, 0) is 19.6 Å². The second kappa shape index (κ2) is 9.58. The van der Waals surface area contributed by atoms with Gasteiger partial charge in [-0.3, -0.25) is 14.7 Å². The number of nitrogens with zero attached hydrogens (tertiary/aromatic N) is 3. The molecule has 2 fully saturated rings. The third-order valence-corrected chi connectivity index (χ3v) is 7.39. The Hall–Kier alpha value is -2.46. The third kappa shape index (κ3) is 4.52. The molecule has 2 bridgehead atoms. The lowest BCUT2D eigenvalue weighted by atomic mass is 9.92. The third-order valence-electron chi connectivity index (χ3n) is 7.39. The molecule has 0 aromatic heterocycles. The first-order valence-electron chi connectivity index (χ1n) is 12.1. The van der Waals surface area contributed by atoms with Gasteiger partial charge in [0.15, 0.2) is 0 Å². The first-order chi connectivity index (χ1) is 15.7. The molecule has 166 valence electrons. The molecule has 2 heterocycles. The van der Waals surface area contributed by atoms with Gasteiger partial charge in [0.05, 0.1) is 12.3 Å². The van der Waals surface area contributed by atoms with Gasteiger partial charge >= 0.3 is 0 Å². The fraction of sp³-hybridized carbons (Fsp3) is 0.379. The highest BCUT2D eigenvalue weighted by molar-refractivity contribution is 5.19. The van der Waals surface area contributed by atoms with Crippen LogP contribution in [0.15, 0.2) is 91.0 Å². The largest absolute Gasteiger partial charge is 0.281 e. The maximum atomic E-state index is 2.78. The van der Waals surface area contributed by atoms with E-state index >= 15 is 0 Å². The molecule has 4 atom stereocenters. The maximum Gasteiger partial charge on any atom is 0.0659 e. The Labute approximate surface area is 193 Å². The van der Waals surface area contributed by atoms with Crippen molar-refractivity contribution >= 4 is 0 Å².